The maximum absolute atomic E-state index is 2.41. The molecule has 0 aliphatic heterocycles. The van der Waals surface area contributed by atoms with Crippen LogP contribution in [0.3, 0.4) is 0 Å². The SMILES string of the molecule is Cc1ccc(C=Cc2ccc(N(c3ccc(C)cc3)c3ccc4c5cccc6c(N(c7ccccc7)c7ccc(C)cc7)ccc(c7cccc3c74)c65)cc2)cc1. The summed E-state index contributed by atoms with van der Waals surface area (Å²) in [5, 5.41) is 10.1. The molecule has 0 fully saturated rings. The molecule has 10 rings (SSSR count). The molecule has 57 heavy (non-hydrogen) atoms. The molecule has 10 aromatic rings. The molecule has 2 heteroatoms. The van der Waals surface area contributed by atoms with Gasteiger partial charge < -0.3 is 9.80 Å². The van der Waals surface area contributed by atoms with Crippen LogP contribution in [0, 0.1) is 20.8 Å². The quantitative estimate of drug-likeness (QED) is 0.0872. The van der Waals surface area contributed by atoms with Gasteiger partial charge in [0.15, 0.2) is 0 Å². The second-order valence-corrected chi connectivity index (χ2v) is 15.2. The van der Waals surface area contributed by atoms with Crippen molar-refractivity contribution in [2.75, 3.05) is 9.80 Å². The van der Waals surface area contributed by atoms with E-state index in [0.29, 0.717) is 0 Å². The Balaban J connectivity index is 1.15. The molecular weight excluding hydrogens is 689 g/mol. The van der Waals surface area contributed by atoms with Crippen LogP contribution in [0.15, 0.2) is 188 Å². The van der Waals surface area contributed by atoms with E-state index in [0.717, 1.165) is 34.0 Å². The van der Waals surface area contributed by atoms with Crippen molar-refractivity contribution < 1.29 is 0 Å². The first kappa shape index (κ1) is 34.3. The van der Waals surface area contributed by atoms with Crippen LogP contribution in [-0.2, 0) is 0 Å². The van der Waals surface area contributed by atoms with Crippen LogP contribution in [0.1, 0.15) is 27.8 Å². The summed E-state index contributed by atoms with van der Waals surface area (Å²) in [6.45, 7) is 6.41. The van der Waals surface area contributed by atoms with E-state index in [9.17, 15) is 0 Å². The minimum Gasteiger partial charge on any atom is -0.310 e. The Kier molecular flexibility index (Phi) is 8.53. The molecule has 2 nitrogen and oxygen atoms in total. The molecule has 0 N–H and O–H groups in total. The van der Waals surface area contributed by atoms with E-state index in [1.165, 1.54) is 71.0 Å². The van der Waals surface area contributed by atoms with Gasteiger partial charge >= 0.3 is 0 Å². The van der Waals surface area contributed by atoms with Crippen LogP contribution < -0.4 is 9.80 Å². The lowest BCUT2D eigenvalue weighted by Gasteiger charge is -2.29. The zero-order valence-electron chi connectivity index (χ0n) is 32.4. The van der Waals surface area contributed by atoms with E-state index in [2.05, 4.69) is 231 Å². The molecule has 0 aliphatic rings. The van der Waals surface area contributed by atoms with Crippen LogP contribution in [-0.4, -0.2) is 0 Å². The van der Waals surface area contributed by atoms with E-state index >= 15 is 0 Å². The largest absolute Gasteiger partial charge is 0.310 e. The lowest BCUT2D eigenvalue weighted by molar-refractivity contribution is 1.29. The Morgan fingerprint density at radius 2 is 0.614 bits per heavy atom. The minimum atomic E-state index is 1.12. The smallest absolute Gasteiger partial charge is 0.0540 e. The van der Waals surface area contributed by atoms with Crippen LogP contribution in [0.2, 0.25) is 0 Å². The van der Waals surface area contributed by atoms with Gasteiger partial charge in [0.05, 0.1) is 11.4 Å². The number of anilines is 6. The molecular formula is C55H42N2. The van der Waals surface area contributed by atoms with E-state index in [-0.39, 0.29) is 0 Å². The lowest BCUT2D eigenvalue weighted by atomic mass is 9.88. The standard InChI is InChI=1S/C55H42N2/c1-37-15-21-40(22-16-37)23-24-41-25-31-45(32-26-41)57(44-29-19-39(3)20-30-44)53-36-34-49-46-11-7-13-50-52(35-33-48(54(46)50)47-12-8-14-51(53)55(47)49)56(42-9-5-4-6-10-42)43-27-17-38(2)18-28-43/h4-36H,1-3H3. The summed E-state index contributed by atoms with van der Waals surface area (Å²) in [5.74, 6) is 0. The Bertz CT molecular complexity index is 3030. The first-order valence-electron chi connectivity index (χ1n) is 19.8. The maximum Gasteiger partial charge on any atom is 0.0540 e. The van der Waals surface area contributed by atoms with Gasteiger partial charge in [-0.05, 0) is 125 Å². The van der Waals surface area contributed by atoms with E-state index in [1.807, 2.05) is 0 Å². The van der Waals surface area contributed by atoms with Crippen molar-refractivity contribution in [3.63, 3.8) is 0 Å². The fourth-order valence-corrected chi connectivity index (χ4v) is 8.49. The first-order valence-corrected chi connectivity index (χ1v) is 19.8. The van der Waals surface area contributed by atoms with E-state index in [4.69, 9.17) is 0 Å². The molecule has 10 aromatic carbocycles. The van der Waals surface area contributed by atoms with E-state index in [1.54, 1.807) is 0 Å². The van der Waals surface area contributed by atoms with Crippen molar-refractivity contribution in [3.8, 4) is 0 Å². The van der Waals surface area contributed by atoms with Gasteiger partial charge in [-0.15, -0.1) is 0 Å². The lowest BCUT2D eigenvalue weighted by Crippen LogP contribution is -2.11. The van der Waals surface area contributed by atoms with Gasteiger partial charge in [-0.1, -0.05) is 156 Å². The van der Waals surface area contributed by atoms with Crippen molar-refractivity contribution in [1.29, 1.82) is 0 Å². The molecule has 0 amide bonds. The van der Waals surface area contributed by atoms with Gasteiger partial charge in [0, 0.05) is 33.5 Å². The second-order valence-electron chi connectivity index (χ2n) is 15.2. The topological polar surface area (TPSA) is 6.48 Å². The predicted octanol–water partition coefficient (Wildman–Crippen LogP) is 15.8. The summed E-state index contributed by atoms with van der Waals surface area (Å²) in [7, 11) is 0. The second kappa shape index (κ2) is 14.2. The molecule has 0 saturated carbocycles. The molecule has 0 aliphatic carbocycles. The number of rotatable bonds is 8. The van der Waals surface area contributed by atoms with Crippen molar-refractivity contribution in [2.45, 2.75) is 20.8 Å². The number of hydrogen-bond donors (Lipinski definition) is 0. The highest BCUT2D eigenvalue weighted by Crippen LogP contribution is 2.48. The van der Waals surface area contributed by atoms with Crippen molar-refractivity contribution in [3.05, 3.63) is 216 Å². The van der Waals surface area contributed by atoms with Crippen LogP contribution in [0.5, 0.6) is 0 Å². The average Bonchev–Trinajstić information content (AvgIpc) is 3.25. The third-order valence-electron chi connectivity index (χ3n) is 11.4. The highest BCUT2D eigenvalue weighted by atomic mass is 15.1. The van der Waals surface area contributed by atoms with E-state index < -0.39 is 0 Å². The minimum absolute atomic E-state index is 1.12. The van der Waals surface area contributed by atoms with Gasteiger partial charge in [0.1, 0.15) is 0 Å². The summed E-state index contributed by atoms with van der Waals surface area (Å²) in [6, 6.07) is 69.0. The predicted molar refractivity (Wildman–Crippen MR) is 247 cm³/mol. The van der Waals surface area contributed by atoms with Crippen LogP contribution >= 0.6 is 0 Å². The van der Waals surface area contributed by atoms with Gasteiger partial charge in [0.25, 0.3) is 0 Å². The van der Waals surface area contributed by atoms with Crippen LogP contribution in [0.25, 0.3) is 55.2 Å². The number of aryl methyl sites for hydroxylation is 3. The summed E-state index contributed by atoms with van der Waals surface area (Å²) in [5.41, 5.74) is 13.0. The monoisotopic (exact) mass is 730 g/mol. The Morgan fingerprint density at radius 3 is 1.05 bits per heavy atom. The third-order valence-corrected chi connectivity index (χ3v) is 11.4. The zero-order chi connectivity index (χ0) is 38.5. The number of para-hydroxylation sites is 1. The van der Waals surface area contributed by atoms with Gasteiger partial charge in [-0.25, -0.2) is 0 Å². The Morgan fingerprint density at radius 1 is 0.281 bits per heavy atom. The summed E-state index contributed by atoms with van der Waals surface area (Å²) < 4.78 is 0. The third kappa shape index (κ3) is 6.16. The number of nitrogens with zero attached hydrogens (tertiary/aromatic N) is 2. The molecule has 0 saturated heterocycles. The number of fused-ring (bicyclic) bond motifs is 2. The molecule has 0 spiro atoms. The van der Waals surface area contributed by atoms with Gasteiger partial charge in [-0.2, -0.15) is 0 Å². The average molecular weight is 731 g/mol. The number of hydrogen-bond acceptors (Lipinski definition) is 2. The fraction of sp³-hybridized carbons (Fsp3) is 0.0545. The highest BCUT2D eigenvalue weighted by Gasteiger charge is 2.22. The molecule has 0 aromatic heterocycles. The van der Waals surface area contributed by atoms with Gasteiger partial charge in [0.2, 0.25) is 0 Å². The Labute approximate surface area is 334 Å². The summed E-state index contributed by atoms with van der Waals surface area (Å²) in [4.78, 5) is 4.80. The summed E-state index contributed by atoms with van der Waals surface area (Å²) in [6.07, 6.45) is 4.37. The molecule has 0 atom stereocenters. The normalized spacial score (nSPS) is 11.7. The van der Waals surface area contributed by atoms with Crippen molar-refractivity contribution >= 4 is 89.4 Å². The summed E-state index contributed by atoms with van der Waals surface area (Å²) >= 11 is 0. The Hall–Kier alpha value is -7.16. The highest BCUT2D eigenvalue weighted by molar-refractivity contribution is 6.35. The molecule has 0 bridgehead atoms. The maximum atomic E-state index is 2.41. The molecule has 0 heterocycles. The van der Waals surface area contributed by atoms with Crippen molar-refractivity contribution in [2.24, 2.45) is 0 Å². The van der Waals surface area contributed by atoms with Crippen molar-refractivity contribution in [1.82, 2.24) is 0 Å². The molecule has 0 unspecified atom stereocenters. The van der Waals surface area contributed by atoms with Gasteiger partial charge in [-0.3, -0.25) is 0 Å². The fourth-order valence-electron chi connectivity index (χ4n) is 8.49. The molecule has 0 radical (unpaired) electrons. The first-order chi connectivity index (χ1) is 28.0. The zero-order valence-corrected chi connectivity index (χ0v) is 32.4. The number of benzene rings is 10. The molecule has 272 valence electrons. The van der Waals surface area contributed by atoms with Crippen LogP contribution in [0.4, 0.5) is 34.1 Å².